The summed E-state index contributed by atoms with van der Waals surface area (Å²) in [5.41, 5.74) is 4.54. The van der Waals surface area contributed by atoms with Gasteiger partial charge in [0.05, 0.1) is 4.90 Å². The van der Waals surface area contributed by atoms with Crippen LogP contribution < -0.4 is 15.2 Å². The van der Waals surface area contributed by atoms with Crippen LogP contribution in [-0.4, -0.2) is 20.9 Å². The minimum atomic E-state index is -3.84. The molecular weight excluding hydrogens is 352 g/mol. The molecule has 0 aromatic heterocycles. The van der Waals surface area contributed by atoms with E-state index in [2.05, 4.69) is 5.32 Å². The largest absolute Gasteiger partial charge is 0.484 e. The molecule has 0 unspecified atom stereocenters. The molecule has 1 amide bonds. The summed E-state index contributed by atoms with van der Waals surface area (Å²) < 4.78 is 28.7. The van der Waals surface area contributed by atoms with Gasteiger partial charge >= 0.3 is 0 Å². The average Bonchev–Trinajstić information content (AvgIpc) is 3.03. The first-order valence-corrected chi connectivity index (χ1v) is 9.97. The van der Waals surface area contributed by atoms with E-state index in [-0.39, 0.29) is 17.4 Å². The molecule has 0 radical (unpaired) electrons. The Morgan fingerprint density at radius 2 is 1.88 bits per heavy atom. The van der Waals surface area contributed by atoms with Crippen molar-refractivity contribution in [2.75, 3.05) is 11.9 Å². The van der Waals surface area contributed by atoms with Crippen molar-refractivity contribution in [1.82, 2.24) is 0 Å². The number of sulfonamides is 1. The van der Waals surface area contributed by atoms with E-state index >= 15 is 0 Å². The molecule has 6 nitrogen and oxygen atoms in total. The molecule has 2 aromatic rings. The van der Waals surface area contributed by atoms with E-state index in [1.54, 1.807) is 13.8 Å². The molecule has 0 heterocycles. The highest BCUT2D eigenvalue weighted by molar-refractivity contribution is 7.89. The highest BCUT2D eigenvalue weighted by Gasteiger charge is 2.15. The van der Waals surface area contributed by atoms with Crippen molar-refractivity contribution in [1.29, 1.82) is 0 Å². The fourth-order valence-electron chi connectivity index (χ4n) is 3.09. The molecular formula is C19H22N2O4S. The Bertz CT molecular complexity index is 968. The van der Waals surface area contributed by atoms with Crippen LogP contribution in [0.2, 0.25) is 0 Å². The van der Waals surface area contributed by atoms with Gasteiger partial charge in [0.2, 0.25) is 10.0 Å². The maximum Gasteiger partial charge on any atom is 0.262 e. The highest BCUT2D eigenvalue weighted by Crippen LogP contribution is 2.26. The van der Waals surface area contributed by atoms with E-state index in [1.165, 1.54) is 23.3 Å². The molecule has 138 valence electrons. The van der Waals surface area contributed by atoms with E-state index in [4.69, 9.17) is 9.88 Å². The molecule has 1 aliphatic rings. The third-order valence-corrected chi connectivity index (χ3v) is 5.58. The van der Waals surface area contributed by atoms with Crippen LogP contribution in [0.3, 0.4) is 0 Å². The van der Waals surface area contributed by atoms with Gasteiger partial charge in [-0.1, -0.05) is 6.07 Å². The van der Waals surface area contributed by atoms with E-state index < -0.39 is 10.0 Å². The molecule has 2 aromatic carbocycles. The van der Waals surface area contributed by atoms with E-state index in [1.807, 2.05) is 18.2 Å². The number of ether oxygens (including phenoxy) is 1. The Morgan fingerprint density at radius 1 is 1.15 bits per heavy atom. The number of nitrogens with two attached hydrogens (primary N) is 1. The first-order chi connectivity index (χ1) is 12.2. The molecule has 0 bridgehead atoms. The van der Waals surface area contributed by atoms with Crippen molar-refractivity contribution in [3.05, 3.63) is 52.6 Å². The van der Waals surface area contributed by atoms with Crippen LogP contribution in [0.4, 0.5) is 5.69 Å². The summed E-state index contributed by atoms with van der Waals surface area (Å²) >= 11 is 0. The fraction of sp³-hybridized carbons (Fsp3) is 0.316. The predicted octanol–water partition coefficient (Wildman–Crippen LogP) is 2.46. The lowest BCUT2D eigenvalue weighted by molar-refractivity contribution is -0.118. The zero-order chi connectivity index (χ0) is 18.9. The van der Waals surface area contributed by atoms with Gasteiger partial charge in [-0.05, 0) is 79.6 Å². The third kappa shape index (κ3) is 4.05. The smallest absolute Gasteiger partial charge is 0.262 e. The van der Waals surface area contributed by atoms with Gasteiger partial charge in [0.25, 0.3) is 5.91 Å². The van der Waals surface area contributed by atoms with Gasteiger partial charge in [-0.2, -0.15) is 0 Å². The van der Waals surface area contributed by atoms with Crippen LogP contribution in [0.5, 0.6) is 5.75 Å². The minimum Gasteiger partial charge on any atom is -0.484 e. The monoisotopic (exact) mass is 374 g/mol. The second-order valence-corrected chi connectivity index (χ2v) is 8.14. The second-order valence-electron chi connectivity index (χ2n) is 6.58. The zero-order valence-corrected chi connectivity index (χ0v) is 15.7. The molecule has 0 saturated heterocycles. The highest BCUT2D eigenvalue weighted by atomic mass is 32.2. The molecule has 0 spiro atoms. The number of nitrogens with one attached hydrogen (secondary N) is 1. The van der Waals surface area contributed by atoms with Crippen molar-refractivity contribution >= 4 is 21.6 Å². The summed E-state index contributed by atoms with van der Waals surface area (Å²) in [5, 5.41) is 7.89. The van der Waals surface area contributed by atoms with Crippen LogP contribution in [0, 0.1) is 13.8 Å². The normalized spacial score (nSPS) is 13.3. The minimum absolute atomic E-state index is 0.0320. The summed E-state index contributed by atoms with van der Waals surface area (Å²) in [7, 11) is -3.84. The molecule has 0 atom stereocenters. The Morgan fingerprint density at radius 3 is 2.62 bits per heavy atom. The molecule has 0 saturated carbocycles. The lowest BCUT2D eigenvalue weighted by atomic mass is 10.1. The Labute approximate surface area is 153 Å². The number of carbonyl (C=O) groups is 1. The standard InChI is InChI=1S/C19H22N2O4S/c1-12-8-17(26(20,23)24)10-18(13(12)2)21-19(22)11-25-16-7-6-14-4-3-5-15(14)9-16/h6-10H,3-5,11H2,1-2H3,(H,21,22)(H2,20,23,24). The third-order valence-electron chi connectivity index (χ3n) is 4.68. The zero-order valence-electron chi connectivity index (χ0n) is 14.8. The number of rotatable bonds is 5. The van der Waals surface area contributed by atoms with Gasteiger partial charge in [-0.3, -0.25) is 4.79 Å². The Balaban J connectivity index is 1.69. The average molecular weight is 374 g/mol. The SMILES string of the molecule is Cc1cc(S(N)(=O)=O)cc(NC(=O)COc2ccc3c(c2)CCC3)c1C. The topological polar surface area (TPSA) is 98.5 Å². The summed E-state index contributed by atoms with van der Waals surface area (Å²) in [6.07, 6.45) is 3.28. The lowest BCUT2D eigenvalue weighted by Gasteiger charge is -2.13. The maximum atomic E-state index is 12.2. The maximum absolute atomic E-state index is 12.2. The van der Waals surface area contributed by atoms with Crippen molar-refractivity contribution in [3.8, 4) is 5.75 Å². The summed E-state index contributed by atoms with van der Waals surface area (Å²) in [6.45, 7) is 3.41. The number of benzene rings is 2. The number of hydrogen-bond donors (Lipinski definition) is 2. The Hall–Kier alpha value is -2.38. The van der Waals surface area contributed by atoms with Gasteiger partial charge < -0.3 is 10.1 Å². The van der Waals surface area contributed by atoms with Crippen LogP contribution in [0.1, 0.15) is 28.7 Å². The van der Waals surface area contributed by atoms with Crippen LogP contribution >= 0.6 is 0 Å². The van der Waals surface area contributed by atoms with E-state index in [0.29, 0.717) is 11.4 Å². The van der Waals surface area contributed by atoms with Crippen molar-refractivity contribution in [3.63, 3.8) is 0 Å². The van der Waals surface area contributed by atoms with Crippen LogP contribution in [-0.2, 0) is 27.7 Å². The van der Waals surface area contributed by atoms with Gasteiger partial charge in [0, 0.05) is 5.69 Å². The molecule has 0 aliphatic heterocycles. The number of aryl methyl sites for hydroxylation is 3. The van der Waals surface area contributed by atoms with Gasteiger partial charge in [-0.15, -0.1) is 0 Å². The summed E-state index contributed by atoms with van der Waals surface area (Å²) in [6, 6.07) is 8.74. The van der Waals surface area contributed by atoms with E-state index in [9.17, 15) is 13.2 Å². The number of amides is 1. The molecule has 3 rings (SSSR count). The van der Waals surface area contributed by atoms with Crippen molar-refractivity contribution < 1.29 is 17.9 Å². The predicted molar refractivity (Wildman–Crippen MR) is 99.9 cm³/mol. The van der Waals surface area contributed by atoms with Gasteiger partial charge in [0.1, 0.15) is 5.75 Å². The molecule has 1 aliphatic carbocycles. The fourth-order valence-corrected chi connectivity index (χ4v) is 3.72. The molecule has 7 heteroatoms. The van der Waals surface area contributed by atoms with Crippen molar-refractivity contribution in [2.24, 2.45) is 5.14 Å². The second kappa shape index (κ2) is 7.09. The van der Waals surface area contributed by atoms with Gasteiger partial charge in [-0.25, -0.2) is 13.6 Å². The number of carbonyl (C=O) groups excluding carboxylic acids is 1. The first-order valence-electron chi connectivity index (χ1n) is 8.42. The van der Waals surface area contributed by atoms with Crippen LogP contribution in [0.25, 0.3) is 0 Å². The Kier molecular flexibility index (Phi) is 5.02. The molecule has 0 fully saturated rings. The number of fused-ring (bicyclic) bond motifs is 1. The van der Waals surface area contributed by atoms with Gasteiger partial charge in [0.15, 0.2) is 6.61 Å². The summed E-state index contributed by atoms with van der Waals surface area (Å²) in [4.78, 5) is 12.2. The number of primary sulfonamides is 1. The van der Waals surface area contributed by atoms with Crippen LogP contribution in [0.15, 0.2) is 35.2 Å². The number of hydrogen-bond acceptors (Lipinski definition) is 4. The summed E-state index contributed by atoms with van der Waals surface area (Å²) in [5.74, 6) is 0.298. The van der Waals surface area contributed by atoms with E-state index in [0.717, 1.165) is 30.4 Å². The van der Waals surface area contributed by atoms with Crippen molar-refractivity contribution in [2.45, 2.75) is 38.0 Å². The quantitative estimate of drug-likeness (QED) is 0.840. The molecule has 26 heavy (non-hydrogen) atoms. The molecule has 3 N–H and O–H groups in total. The first kappa shape index (κ1) is 18.4. The lowest BCUT2D eigenvalue weighted by Crippen LogP contribution is -2.21. The number of anilines is 1.